The summed E-state index contributed by atoms with van der Waals surface area (Å²) in [5.74, 6) is 1.65. The average molecular weight is 476 g/mol. The summed E-state index contributed by atoms with van der Waals surface area (Å²) < 4.78 is 0.459. The van der Waals surface area contributed by atoms with Gasteiger partial charge in [0.15, 0.2) is 0 Å². The Balaban J connectivity index is 1.78. The summed E-state index contributed by atoms with van der Waals surface area (Å²) in [6.45, 7) is 0. The van der Waals surface area contributed by atoms with Gasteiger partial charge in [-0.05, 0) is 37.5 Å². The van der Waals surface area contributed by atoms with Gasteiger partial charge in [0.1, 0.15) is 0 Å². The van der Waals surface area contributed by atoms with Crippen LogP contribution in [0, 0.1) is 22.7 Å². The minimum absolute atomic E-state index is 0.201. The molecule has 0 saturated heterocycles. The van der Waals surface area contributed by atoms with E-state index in [4.69, 9.17) is 0 Å². The van der Waals surface area contributed by atoms with Gasteiger partial charge in [-0.15, -0.1) is 0 Å². The molecule has 3 saturated carbocycles. The monoisotopic (exact) mass is 472 g/mol. The van der Waals surface area contributed by atoms with Crippen LogP contribution in [0.15, 0.2) is 12.2 Å². The van der Waals surface area contributed by atoms with Crippen molar-refractivity contribution in [1.29, 1.82) is 0 Å². The molecule has 0 spiro atoms. The van der Waals surface area contributed by atoms with Gasteiger partial charge in [-0.1, -0.05) is 75.9 Å². The van der Waals surface area contributed by atoms with Gasteiger partial charge in [-0.25, -0.2) is 0 Å². The first-order valence-electron chi connectivity index (χ1n) is 5.80. The SMILES string of the molecule is BrC1(Br)[C@@H]2C[C@]34CC=CC[C@@]3(C[C@@H]21)C4(Br)Br. The fraction of sp³-hybridized carbons (Fsp3) is 0.833. The Hall–Kier alpha value is 1.66. The molecule has 0 aliphatic heterocycles. The molecule has 0 aromatic carbocycles. The van der Waals surface area contributed by atoms with Gasteiger partial charge in [-0.3, -0.25) is 0 Å². The lowest BCUT2D eigenvalue weighted by Gasteiger charge is -2.29. The van der Waals surface area contributed by atoms with Crippen LogP contribution in [0.3, 0.4) is 0 Å². The van der Waals surface area contributed by atoms with Crippen molar-refractivity contribution in [1.82, 2.24) is 0 Å². The molecular weight excluding hydrogens is 464 g/mol. The summed E-state index contributed by atoms with van der Waals surface area (Å²) in [7, 11) is 0. The minimum atomic E-state index is 0.201. The van der Waals surface area contributed by atoms with Crippen molar-refractivity contribution in [3.8, 4) is 0 Å². The van der Waals surface area contributed by atoms with Crippen LogP contribution in [-0.2, 0) is 0 Å². The molecule has 4 atom stereocenters. The fourth-order valence-corrected chi connectivity index (χ4v) is 8.81. The average Bonchev–Trinajstić information content (AvgIpc) is 2.93. The highest BCUT2D eigenvalue weighted by Gasteiger charge is 2.90. The topological polar surface area (TPSA) is 0 Å². The normalized spacial score (nSPS) is 58.2. The summed E-state index contributed by atoms with van der Waals surface area (Å²) in [5, 5.41) is 0. The molecule has 0 bridgehead atoms. The highest BCUT2D eigenvalue weighted by Crippen LogP contribution is 2.93. The van der Waals surface area contributed by atoms with Crippen molar-refractivity contribution in [2.75, 3.05) is 0 Å². The number of hydrogen-bond acceptors (Lipinski definition) is 0. The lowest BCUT2D eigenvalue weighted by Crippen LogP contribution is -2.22. The summed E-state index contributed by atoms with van der Waals surface area (Å²) in [4.78, 5) is 0. The number of alkyl halides is 4. The van der Waals surface area contributed by atoms with Crippen LogP contribution in [0.2, 0.25) is 0 Å². The molecule has 0 radical (unpaired) electrons. The van der Waals surface area contributed by atoms with Gasteiger partial charge in [0.25, 0.3) is 0 Å². The standard InChI is InChI=1S/C12H12Br4/c13-11(14)7-5-9-3-1-2-4-10(9,6-8(7)11)12(9,15)16/h1-2,7-8H,3-6H2/t7-,8+,9-,10+. The van der Waals surface area contributed by atoms with E-state index in [1.54, 1.807) is 0 Å². The van der Waals surface area contributed by atoms with E-state index in [0.717, 1.165) is 11.8 Å². The summed E-state index contributed by atoms with van der Waals surface area (Å²) in [6, 6.07) is 0. The number of rotatable bonds is 0. The predicted molar refractivity (Wildman–Crippen MR) is 80.6 cm³/mol. The maximum absolute atomic E-state index is 3.99. The smallest absolute Gasteiger partial charge is 0.0879 e. The van der Waals surface area contributed by atoms with E-state index >= 15 is 0 Å². The Bertz CT molecular complexity index is 379. The van der Waals surface area contributed by atoms with Crippen molar-refractivity contribution in [3.63, 3.8) is 0 Å². The zero-order chi connectivity index (χ0) is 11.4. The molecule has 16 heavy (non-hydrogen) atoms. The molecule has 0 nitrogen and oxygen atoms in total. The van der Waals surface area contributed by atoms with Gasteiger partial charge in [0.05, 0.1) is 6.47 Å². The second kappa shape index (κ2) is 2.88. The van der Waals surface area contributed by atoms with Gasteiger partial charge < -0.3 is 0 Å². The maximum Gasteiger partial charge on any atom is 0.0935 e. The van der Waals surface area contributed by atoms with Crippen molar-refractivity contribution in [3.05, 3.63) is 12.2 Å². The summed E-state index contributed by atoms with van der Waals surface area (Å²) in [5.41, 5.74) is 0.943. The Kier molecular flexibility index (Phi) is 2.07. The largest absolute Gasteiger partial charge is 0.0935 e. The first-order chi connectivity index (χ1) is 7.39. The van der Waals surface area contributed by atoms with Crippen LogP contribution in [0.25, 0.3) is 0 Å². The second-order valence-electron chi connectivity index (χ2n) is 5.91. The highest BCUT2D eigenvalue weighted by atomic mass is 79.9. The number of hydrogen-bond donors (Lipinski definition) is 0. The molecule has 88 valence electrons. The molecule has 0 N–H and O–H groups in total. The third-order valence-corrected chi connectivity index (χ3v) is 11.0. The predicted octanol–water partition coefficient (Wildman–Crippen LogP) is 5.33. The quantitative estimate of drug-likeness (QED) is 0.328. The lowest BCUT2D eigenvalue weighted by molar-refractivity contribution is 0.221. The summed E-state index contributed by atoms with van der Waals surface area (Å²) in [6.07, 6.45) is 9.93. The van der Waals surface area contributed by atoms with Gasteiger partial charge >= 0.3 is 0 Å². The third kappa shape index (κ3) is 0.946. The molecule has 4 aliphatic carbocycles. The van der Waals surface area contributed by atoms with Crippen molar-refractivity contribution >= 4 is 63.7 Å². The van der Waals surface area contributed by atoms with E-state index in [1.165, 1.54) is 25.7 Å². The Morgan fingerprint density at radius 3 is 1.69 bits per heavy atom. The van der Waals surface area contributed by atoms with E-state index in [1.807, 2.05) is 0 Å². The van der Waals surface area contributed by atoms with Crippen LogP contribution < -0.4 is 0 Å². The molecule has 4 heteroatoms. The van der Waals surface area contributed by atoms with E-state index in [9.17, 15) is 0 Å². The molecule has 0 heterocycles. The molecule has 0 aromatic rings. The first-order valence-corrected chi connectivity index (χ1v) is 8.97. The number of allylic oxidation sites excluding steroid dienone is 2. The van der Waals surface area contributed by atoms with Crippen LogP contribution in [0.5, 0.6) is 0 Å². The van der Waals surface area contributed by atoms with E-state index in [0.29, 0.717) is 10.8 Å². The molecule has 0 amide bonds. The van der Waals surface area contributed by atoms with Crippen LogP contribution in [0.4, 0.5) is 0 Å². The Morgan fingerprint density at radius 2 is 1.25 bits per heavy atom. The van der Waals surface area contributed by atoms with Gasteiger partial charge in [0, 0.05) is 10.8 Å². The van der Waals surface area contributed by atoms with Crippen molar-refractivity contribution in [2.45, 2.75) is 32.2 Å². The van der Waals surface area contributed by atoms with E-state index < -0.39 is 0 Å². The number of halogens is 4. The Morgan fingerprint density at radius 1 is 0.812 bits per heavy atom. The van der Waals surface area contributed by atoms with E-state index in [-0.39, 0.29) is 6.47 Å². The zero-order valence-corrected chi connectivity index (χ0v) is 15.0. The third-order valence-electron chi connectivity index (χ3n) is 5.66. The fourth-order valence-electron chi connectivity index (χ4n) is 4.54. The number of fused-ring (bicyclic) bond motifs is 1. The summed E-state index contributed by atoms with van der Waals surface area (Å²) >= 11 is 15.7. The molecule has 4 aliphatic rings. The van der Waals surface area contributed by atoms with Crippen molar-refractivity contribution < 1.29 is 0 Å². The van der Waals surface area contributed by atoms with Gasteiger partial charge in [0.2, 0.25) is 0 Å². The molecular formula is C12H12Br4. The molecule has 3 fully saturated rings. The highest BCUT2D eigenvalue weighted by molar-refractivity contribution is 9.26. The maximum atomic E-state index is 3.99. The van der Waals surface area contributed by atoms with E-state index in [2.05, 4.69) is 75.9 Å². The first kappa shape index (κ1) is 11.5. The van der Waals surface area contributed by atoms with Crippen LogP contribution >= 0.6 is 63.7 Å². The van der Waals surface area contributed by atoms with Crippen molar-refractivity contribution in [2.24, 2.45) is 22.7 Å². The lowest BCUT2D eigenvalue weighted by atomic mass is 9.73. The molecule has 4 rings (SSSR count). The molecule has 0 unspecified atom stereocenters. The van der Waals surface area contributed by atoms with Crippen LogP contribution in [0.1, 0.15) is 25.7 Å². The molecule has 0 aromatic heterocycles. The minimum Gasteiger partial charge on any atom is -0.0879 e. The zero-order valence-electron chi connectivity index (χ0n) is 8.65. The Labute approximate surface area is 130 Å². The second-order valence-corrected chi connectivity index (χ2v) is 13.0. The van der Waals surface area contributed by atoms with Crippen LogP contribution in [-0.4, -0.2) is 6.47 Å². The van der Waals surface area contributed by atoms with Gasteiger partial charge in [-0.2, -0.15) is 0 Å².